The maximum atomic E-state index is 3.94. The lowest BCUT2D eigenvalue weighted by Gasteiger charge is -2.30. The molecule has 3 rings (SSSR count). The number of fused-ring (bicyclic) bond motifs is 1. The quantitative estimate of drug-likeness (QED) is 0.895. The van der Waals surface area contributed by atoms with Crippen molar-refractivity contribution in [2.75, 3.05) is 6.26 Å². The largest absolute Gasteiger partial charge is 0.310 e. The van der Waals surface area contributed by atoms with Gasteiger partial charge in [0.25, 0.3) is 0 Å². The zero-order valence-corrected chi connectivity index (χ0v) is 12.0. The van der Waals surface area contributed by atoms with Gasteiger partial charge in [-0.1, -0.05) is 30.7 Å². The van der Waals surface area contributed by atoms with E-state index < -0.39 is 0 Å². The van der Waals surface area contributed by atoms with E-state index in [1.54, 1.807) is 11.1 Å². The Morgan fingerprint density at radius 1 is 1.11 bits per heavy atom. The molecule has 0 spiro atoms. The van der Waals surface area contributed by atoms with Crippen LogP contribution >= 0.6 is 11.8 Å². The molecule has 1 N–H and O–H groups in total. The molecule has 18 heavy (non-hydrogen) atoms. The Hall–Kier alpha value is -0.470. The predicted octanol–water partition coefficient (Wildman–Crippen LogP) is 3.42. The standard InChI is InChI=1S/C16H23NS/c1-18-16-8-4-7-15(16)17-14-10-9-12-5-2-3-6-13(12)11-14/h2-3,5-6,14-17H,4,7-11H2,1H3. The van der Waals surface area contributed by atoms with Crippen LogP contribution in [0.4, 0.5) is 0 Å². The lowest BCUT2D eigenvalue weighted by Crippen LogP contribution is -2.44. The Morgan fingerprint density at radius 3 is 2.78 bits per heavy atom. The van der Waals surface area contributed by atoms with Crippen LogP contribution in [0.3, 0.4) is 0 Å². The number of hydrogen-bond donors (Lipinski definition) is 1. The number of benzene rings is 1. The average molecular weight is 261 g/mol. The van der Waals surface area contributed by atoms with E-state index in [0.29, 0.717) is 6.04 Å². The van der Waals surface area contributed by atoms with Crippen molar-refractivity contribution in [2.45, 2.75) is 55.9 Å². The van der Waals surface area contributed by atoms with Crippen LogP contribution in [0.25, 0.3) is 0 Å². The SMILES string of the molecule is CSC1CCCC1NC1CCc2ccccc2C1. The first-order valence-electron chi connectivity index (χ1n) is 7.22. The van der Waals surface area contributed by atoms with Gasteiger partial charge in [0.1, 0.15) is 0 Å². The third kappa shape index (κ3) is 2.60. The van der Waals surface area contributed by atoms with E-state index in [4.69, 9.17) is 0 Å². The summed E-state index contributed by atoms with van der Waals surface area (Å²) in [7, 11) is 0. The van der Waals surface area contributed by atoms with Crippen LogP contribution in [0.2, 0.25) is 0 Å². The Kier molecular flexibility index (Phi) is 3.95. The van der Waals surface area contributed by atoms with Crippen LogP contribution in [-0.2, 0) is 12.8 Å². The highest BCUT2D eigenvalue weighted by molar-refractivity contribution is 7.99. The minimum Gasteiger partial charge on any atom is -0.310 e. The Morgan fingerprint density at radius 2 is 1.94 bits per heavy atom. The fourth-order valence-electron chi connectivity index (χ4n) is 3.54. The van der Waals surface area contributed by atoms with Gasteiger partial charge < -0.3 is 5.32 Å². The van der Waals surface area contributed by atoms with Gasteiger partial charge in [0, 0.05) is 17.3 Å². The minimum absolute atomic E-state index is 0.706. The van der Waals surface area contributed by atoms with Crippen molar-refractivity contribution in [3.63, 3.8) is 0 Å². The van der Waals surface area contributed by atoms with Gasteiger partial charge in [-0.05, 0) is 49.5 Å². The molecule has 1 aromatic carbocycles. The van der Waals surface area contributed by atoms with Crippen molar-refractivity contribution in [3.05, 3.63) is 35.4 Å². The molecule has 0 amide bonds. The van der Waals surface area contributed by atoms with Crippen LogP contribution in [0, 0.1) is 0 Å². The second-order valence-electron chi connectivity index (χ2n) is 5.69. The second-order valence-corrected chi connectivity index (χ2v) is 6.76. The summed E-state index contributed by atoms with van der Waals surface area (Å²) in [5, 5.41) is 4.79. The summed E-state index contributed by atoms with van der Waals surface area (Å²) in [5.41, 5.74) is 3.14. The van der Waals surface area contributed by atoms with E-state index in [-0.39, 0.29) is 0 Å². The van der Waals surface area contributed by atoms with Gasteiger partial charge in [0.15, 0.2) is 0 Å². The van der Waals surface area contributed by atoms with Gasteiger partial charge in [0.2, 0.25) is 0 Å². The number of rotatable bonds is 3. The molecule has 0 bridgehead atoms. The number of aryl methyl sites for hydroxylation is 1. The number of hydrogen-bond acceptors (Lipinski definition) is 2. The van der Waals surface area contributed by atoms with Crippen molar-refractivity contribution in [2.24, 2.45) is 0 Å². The molecule has 0 aromatic heterocycles. The summed E-state index contributed by atoms with van der Waals surface area (Å²) in [6.07, 6.45) is 10.3. The molecule has 3 atom stereocenters. The molecule has 2 aliphatic rings. The van der Waals surface area contributed by atoms with Crippen LogP contribution in [0.15, 0.2) is 24.3 Å². The summed E-state index contributed by atoms with van der Waals surface area (Å²) in [4.78, 5) is 0. The molecule has 2 aliphatic carbocycles. The van der Waals surface area contributed by atoms with E-state index in [2.05, 4.69) is 47.6 Å². The van der Waals surface area contributed by atoms with Crippen LogP contribution < -0.4 is 5.32 Å². The van der Waals surface area contributed by atoms with Crippen LogP contribution in [0.1, 0.15) is 36.8 Å². The monoisotopic (exact) mass is 261 g/mol. The first-order valence-corrected chi connectivity index (χ1v) is 8.51. The first kappa shape index (κ1) is 12.6. The highest BCUT2D eigenvalue weighted by atomic mass is 32.2. The molecule has 0 saturated heterocycles. The molecule has 1 aromatic rings. The van der Waals surface area contributed by atoms with Gasteiger partial charge in [-0.25, -0.2) is 0 Å². The molecule has 1 fully saturated rings. The fraction of sp³-hybridized carbons (Fsp3) is 0.625. The highest BCUT2D eigenvalue weighted by Crippen LogP contribution is 2.30. The maximum Gasteiger partial charge on any atom is 0.0198 e. The molecule has 98 valence electrons. The smallest absolute Gasteiger partial charge is 0.0198 e. The maximum absolute atomic E-state index is 3.94. The third-order valence-corrected chi connectivity index (χ3v) is 5.72. The summed E-state index contributed by atoms with van der Waals surface area (Å²) in [6.45, 7) is 0. The van der Waals surface area contributed by atoms with E-state index in [9.17, 15) is 0 Å². The topological polar surface area (TPSA) is 12.0 Å². The van der Waals surface area contributed by atoms with Gasteiger partial charge in [0.05, 0.1) is 0 Å². The Bertz CT molecular complexity index is 404. The molecule has 3 unspecified atom stereocenters. The van der Waals surface area contributed by atoms with Crippen molar-refractivity contribution < 1.29 is 0 Å². The molecule has 0 radical (unpaired) electrons. The lowest BCUT2D eigenvalue weighted by molar-refractivity contribution is 0.399. The molecular weight excluding hydrogens is 238 g/mol. The van der Waals surface area contributed by atoms with E-state index in [1.807, 2.05) is 0 Å². The second kappa shape index (κ2) is 5.66. The Labute approximate surface area is 115 Å². The lowest BCUT2D eigenvalue weighted by atomic mass is 9.88. The summed E-state index contributed by atoms with van der Waals surface area (Å²) in [6, 6.07) is 10.4. The van der Waals surface area contributed by atoms with Crippen molar-refractivity contribution in [1.29, 1.82) is 0 Å². The van der Waals surface area contributed by atoms with Crippen molar-refractivity contribution >= 4 is 11.8 Å². The van der Waals surface area contributed by atoms with Crippen LogP contribution in [0.5, 0.6) is 0 Å². The van der Waals surface area contributed by atoms with E-state index in [1.165, 1.54) is 38.5 Å². The first-order chi connectivity index (χ1) is 8.86. The van der Waals surface area contributed by atoms with Crippen molar-refractivity contribution in [1.82, 2.24) is 5.32 Å². The summed E-state index contributed by atoms with van der Waals surface area (Å²) in [5.74, 6) is 0. The van der Waals surface area contributed by atoms with E-state index in [0.717, 1.165) is 11.3 Å². The van der Waals surface area contributed by atoms with Crippen LogP contribution in [-0.4, -0.2) is 23.6 Å². The number of nitrogens with one attached hydrogen (secondary N) is 1. The summed E-state index contributed by atoms with van der Waals surface area (Å²) < 4.78 is 0. The minimum atomic E-state index is 0.706. The van der Waals surface area contributed by atoms with Crippen molar-refractivity contribution in [3.8, 4) is 0 Å². The zero-order chi connectivity index (χ0) is 12.4. The normalized spacial score (nSPS) is 31.3. The van der Waals surface area contributed by atoms with Gasteiger partial charge >= 0.3 is 0 Å². The Balaban J connectivity index is 1.62. The fourth-order valence-corrected chi connectivity index (χ4v) is 4.49. The van der Waals surface area contributed by atoms with Gasteiger partial charge in [-0.3, -0.25) is 0 Å². The molecule has 0 aliphatic heterocycles. The van der Waals surface area contributed by atoms with E-state index >= 15 is 0 Å². The molecule has 1 nitrogen and oxygen atoms in total. The highest BCUT2D eigenvalue weighted by Gasteiger charge is 2.29. The molecule has 0 heterocycles. The molecule has 2 heteroatoms. The number of thioether (sulfide) groups is 1. The van der Waals surface area contributed by atoms with Gasteiger partial charge in [-0.2, -0.15) is 11.8 Å². The summed E-state index contributed by atoms with van der Waals surface area (Å²) >= 11 is 2.05. The van der Waals surface area contributed by atoms with Gasteiger partial charge in [-0.15, -0.1) is 0 Å². The zero-order valence-electron chi connectivity index (χ0n) is 11.2. The molecular formula is C16H23NS. The predicted molar refractivity (Wildman–Crippen MR) is 80.3 cm³/mol. The third-order valence-electron chi connectivity index (χ3n) is 4.55. The average Bonchev–Trinajstić information content (AvgIpc) is 2.86. The molecule has 1 saturated carbocycles.